The molecule has 0 heterocycles. The standard InChI is InChI=1S/C25H20O2.2K/c26-24-13-11-20(18-7-3-1-4-8-18)15-22(24)17-23-16-21(12-14-25(23)27)19-9-5-2-6-10-19;;/h1-16,26-27H,17H2;;/q;2*+1/p-2. The fourth-order valence-electron chi connectivity index (χ4n) is 3.26. The predicted octanol–water partition coefficient (Wildman–Crippen LogP) is -1.23. The van der Waals surface area contributed by atoms with Crippen LogP contribution < -0.4 is 113 Å². The molecular formula is C25H18K2O2. The second kappa shape index (κ2) is 12.0. The SMILES string of the molecule is [K+].[K+].[O-]c1ccc(-c2ccccc2)cc1Cc1cc(-c2ccccc2)ccc1[O-]. The van der Waals surface area contributed by atoms with E-state index in [1.54, 1.807) is 12.1 Å². The molecule has 0 aliphatic heterocycles. The van der Waals surface area contributed by atoms with E-state index in [2.05, 4.69) is 0 Å². The van der Waals surface area contributed by atoms with Crippen molar-refractivity contribution in [1.82, 2.24) is 0 Å². The summed E-state index contributed by atoms with van der Waals surface area (Å²) in [5, 5.41) is 24.7. The Hall–Kier alpha value is -0.247. The van der Waals surface area contributed by atoms with Crippen LogP contribution in [-0.4, -0.2) is 0 Å². The fourth-order valence-corrected chi connectivity index (χ4v) is 3.26. The Morgan fingerprint density at radius 2 is 0.828 bits per heavy atom. The molecule has 0 N–H and O–H groups in total. The zero-order valence-corrected chi connectivity index (χ0v) is 23.0. The first-order chi connectivity index (χ1) is 13.2. The summed E-state index contributed by atoms with van der Waals surface area (Å²) in [7, 11) is 0. The molecule has 29 heavy (non-hydrogen) atoms. The summed E-state index contributed by atoms with van der Waals surface area (Å²) in [5.41, 5.74) is 5.35. The molecule has 0 atom stereocenters. The van der Waals surface area contributed by atoms with Crippen LogP contribution in [0.2, 0.25) is 0 Å². The van der Waals surface area contributed by atoms with Gasteiger partial charge in [-0.3, -0.25) is 0 Å². The summed E-state index contributed by atoms with van der Waals surface area (Å²) >= 11 is 0. The van der Waals surface area contributed by atoms with Crippen LogP contribution in [0.25, 0.3) is 22.3 Å². The van der Waals surface area contributed by atoms with Gasteiger partial charge in [0.1, 0.15) is 0 Å². The smallest absolute Gasteiger partial charge is 0.872 e. The maximum Gasteiger partial charge on any atom is 1.00 e. The Morgan fingerprint density at radius 1 is 0.448 bits per heavy atom. The first-order valence-electron chi connectivity index (χ1n) is 8.91. The minimum absolute atomic E-state index is 0. The van der Waals surface area contributed by atoms with Gasteiger partial charge in [0.15, 0.2) is 0 Å². The van der Waals surface area contributed by atoms with Gasteiger partial charge >= 0.3 is 103 Å². The van der Waals surface area contributed by atoms with E-state index in [0.717, 1.165) is 22.3 Å². The molecular weight excluding hydrogens is 410 g/mol. The average Bonchev–Trinajstić information content (AvgIpc) is 2.72. The molecule has 2 nitrogen and oxygen atoms in total. The number of benzene rings is 4. The van der Waals surface area contributed by atoms with Crippen molar-refractivity contribution in [2.24, 2.45) is 0 Å². The molecule has 4 aromatic rings. The topological polar surface area (TPSA) is 46.1 Å². The largest absolute Gasteiger partial charge is 1.00 e. The molecule has 0 aliphatic carbocycles. The summed E-state index contributed by atoms with van der Waals surface area (Å²) in [6.07, 6.45) is 0.332. The first-order valence-corrected chi connectivity index (χ1v) is 8.91. The molecule has 0 amide bonds. The van der Waals surface area contributed by atoms with Crippen LogP contribution in [-0.2, 0) is 6.42 Å². The Bertz CT molecular complexity index is 978. The predicted molar refractivity (Wildman–Crippen MR) is 105 cm³/mol. The van der Waals surface area contributed by atoms with Gasteiger partial charge < -0.3 is 10.2 Å². The van der Waals surface area contributed by atoms with E-state index in [4.69, 9.17) is 0 Å². The zero-order chi connectivity index (χ0) is 18.6. The second-order valence-electron chi connectivity index (χ2n) is 6.55. The van der Waals surface area contributed by atoms with Gasteiger partial charge in [-0.25, -0.2) is 0 Å². The van der Waals surface area contributed by atoms with Gasteiger partial charge in [-0.15, -0.1) is 11.5 Å². The maximum absolute atomic E-state index is 12.4. The van der Waals surface area contributed by atoms with Gasteiger partial charge in [-0.1, -0.05) is 108 Å². The van der Waals surface area contributed by atoms with Gasteiger partial charge in [0.2, 0.25) is 0 Å². The minimum Gasteiger partial charge on any atom is -0.872 e. The molecule has 0 fully saturated rings. The van der Waals surface area contributed by atoms with Crippen molar-refractivity contribution in [1.29, 1.82) is 0 Å². The van der Waals surface area contributed by atoms with Gasteiger partial charge in [-0.2, -0.15) is 0 Å². The molecule has 0 bridgehead atoms. The summed E-state index contributed by atoms with van der Waals surface area (Å²) in [4.78, 5) is 0. The number of hydrogen-bond donors (Lipinski definition) is 0. The summed E-state index contributed by atoms with van der Waals surface area (Å²) in [6.45, 7) is 0. The fraction of sp³-hybridized carbons (Fsp3) is 0.0400. The summed E-state index contributed by atoms with van der Waals surface area (Å²) in [5.74, 6) is -0.0848. The first kappa shape index (κ1) is 25.0. The van der Waals surface area contributed by atoms with Crippen LogP contribution >= 0.6 is 0 Å². The van der Waals surface area contributed by atoms with Crippen molar-refractivity contribution in [2.75, 3.05) is 0 Å². The average molecular weight is 429 g/mol. The molecule has 0 saturated carbocycles. The molecule has 0 aromatic heterocycles. The Balaban J connectivity index is 0.00000150. The van der Waals surface area contributed by atoms with Gasteiger partial charge in [-0.05, 0) is 28.7 Å². The van der Waals surface area contributed by atoms with Crippen LogP contribution in [0.15, 0.2) is 97.1 Å². The van der Waals surface area contributed by atoms with Crippen molar-refractivity contribution in [2.45, 2.75) is 6.42 Å². The van der Waals surface area contributed by atoms with E-state index in [1.165, 1.54) is 0 Å². The van der Waals surface area contributed by atoms with E-state index >= 15 is 0 Å². The quantitative estimate of drug-likeness (QED) is 0.382. The monoisotopic (exact) mass is 428 g/mol. The van der Waals surface area contributed by atoms with Crippen LogP contribution in [0.5, 0.6) is 11.5 Å². The normalized spacial score (nSPS) is 9.93. The van der Waals surface area contributed by atoms with E-state index in [-0.39, 0.29) is 114 Å². The van der Waals surface area contributed by atoms with Crippen molar-refractivity contribution in [3.63, 3.8) is 0 Å². The zero-order valence-electron chi connectivity index (χ0n) is 16.8. The third-order valence-electron chi connectivity index (χ3n) is 4.72. The molecule has 0 radical (unpaired) electrons. The summed E-state index contributed by atoms with van der Waals surface area (Å²) < 4.78 is 0. The second-order valence-corrected chi connectivity index (χ2v) is 6.55. The Labute approximate surface area is 256 Å². The molecule has 0 saturated heterocycles. The third-order valence-corrected chi connectivity index (χ3v) is 4.72. The number of rotatable bonds is 4. The molecule has 132 valence electrons. The summed E-state index contributed by atoms with van der Waals surface area (Å²) in [6, 6.07) is 30.5. The molecule has 0 unspecified atom stereocenters. The molecule has 0 spiro atoms. The van der Waals surface area contributed by atoms with Crippen molar-refractivity contribution < 1.29 is 113 Å². The molecule has 4 rings (SSSR count). The van der Waals surface area contributed by atoms with Gasteiger partial charge in [0.25, 0.3) is 0 Å². The Kier molecular flexibility index (Phi) is 10.3. The molecule has 4 heteroatoms. The molecule has 4 aromatic carbocycles. The van der Waals surface area contributed by atoms with Gasteiger partial charge in [0.05, 0.1) is 0 Å². The van der Waals surface area contributed by atoms with Gasteiger partial charge in [0, 0.05) is 0 Å². The maximum atomic E-state index is 12.4. The van der Waals surface area contributed by atoms with Crippen LogP contribution in [0.3, 0.4) is 0 Å². The van der Waals surface area contributed by atoms with Crippen molar-refractivity contribution >= 4 is 0 Å². The third kappa shape index (κ3) is 6.37. The van der Waals surface area contributed by atoms with Crippen LogP contribution in [0.1, 0.15) is 11.1 Å². The van der Waals surface area contributed by atoms with Crippen molar-refractivity contribution in [3.8, 4) is 33.8 Å². The van der Waals surface area contributed by atoms with E-state index < -0.39 is 0 Å². The van der Waals surface area contributed by atoms with Crippen LogP contribution in [0, 0.1) is 0 Å². The minimum atomic E-state index is -0.0424. The van der Waals surface area contributed by atoms with E-state index in [9.17, 15) is 10.2 Å². The van der Waals surface area contributed by atoms with E-state index in [1.807, 2.05) is 84.9 Å². The van der Waals surface area contributed by atoms with E-state index in [0.29, 0.717) is 17.5 Å². The van der Waals surface area contributed by atoms with Crippen molar-refractivity contribution in [3.05, 3.63) is 108 Å². The Morgan fingerprint density at radius 3 is 1.21 bits per heavy atom. The number of hydrogen-bond acceptors (Lipinski definition) is 2. The molecule has 0 aliphatic rings. The van der Waals surface area contributed by atoms with Crippen LogP contribution in [0.4, 0.5) is 0 Å².